The van der Waals surface area contributed by atoms with Gasteiger partial charge in [0.15, 0.2) is 17.2 Å². The summed E-state index contributed by atoms with van der Waals surface area (Å²) in [6.07, 6.45) is -0.333. The summed E-state index contributed by atoms with van der Waals surface area (Å²) in [4.78, 5) is 49.6. The fourth-order valence-electron chi connectivity index (χ4n) is 5.21. The summed E-state index contributed by atoms with van der Waals surface area (Å²) in [5.41, 5.74) is 7.68. The first-order valence-corrected chi connectivity index (χ1v) is 10.0. The number of carbonyl (C=O) groups is 4. The van der Waals surface area contributed by atoms with E-state index in [-0.39, 0.29) is 47.4 Å². The van der Waals surface area contributed by atoms with E-state index in [2.05, 4.69) is 0 Å². The molecule has 10 nitrogen and oxygen atoms in total. The highest BCUT2D eigenvalue weighted by atomic mass is 16.3. The van der Waals surface area contributed by atoms with Gasteiger partial charge < -0.3 is 31.9 Å². The lowest BCUT2D eigenvalue weighted by molar-refractivity contribution is -0.147. The average molecular weight is 442 g/mol. The highest BCUT2D eigenvalue weighted by Crippen LogP contribution is 2.52. The number of benzene rings is 1. The maximum atomic E-state index is 13.4. The Morgan fingerprint density at radius 3 is 2.41 bits per heavy atom. The second kappa shape index (κ2) is 7.01. The van der Waals surface area contributed by atoms with E-state index in [0.29, 0.717) is 5.56 Å². The number of hydrogen-bond donors (Lipinski definition) is 6. The molecular weight excluding hydrogens is 420 g/mol. The summed E-state index contributed by atoms with van der Waals surface area (Å²) < 4.78 is 0. The van der Waals surface area contributed by atoms with Gasteiger partial charge in [-0.1, -0.05) is 0 Å². The Bertz CT molecular complexity index is 1190. The number of aliphatic hydroxyl groups excluding tert-OH is 2. The fraction of sp³-hybridized carbons (Fsp3) is 0.364. The number of aromatic hydroxyl groups is 1. The molecule has 0 saturated heterocycles. The number of ketones is 3. The molecule has 1 saturated carbocycles. The van der Waals surface area contributed by atoms with Gasteiger partial charge in [-0.3, -0.25) is 19.2 Å². The largest absolute Gasteiger partial charge is 0.508 e. The number of hydrogen-bond acceptors (Lipinski definition) is 9. The van der Waals surface area contributed by atoms with Crippen LogP contribution >= 0.6 is 0 Å². The Morgan fingerprint density at radius 1 is 1.19 bits per heavy atom. The second-order valence-corrected chi connectivity index (χ2v) is 8.45. The molecule has 0 spiro atoms. The van der Waals surface area contributed by atoms with Gasteiger partial charge in [0.25, 0.3) is 5.91 Å². The van der Waals surface area contributed by atoms with Crippen LogP contribution in [0.15, 0.2) is 23.0 Å². The molecule has 4 rings (SSSR count). The van der Waals surface area contributed by atoms with Crippen LogP contribution in [-0.2, 0) is 27.3 Å². The highest BCUT2D eigenvalue weighted by molar-refractivity contribution is 6.22. The number of carbonyl (C=O) groups excluding carboxylic acids is 4. The molecule has 1 fully saturated rings. The Hall–Kier alpha value is -3.50. The van der Waals surface area contributed by atoms with Crippen LogP contribution in [0.3, 0.4) is 0 Å². The van der Waals surface area contributed by atoms with Crippen molar-refractivity contribution in [2.75, 3.05) is 0 Å². The predicted octanol–water partition coefficient (Wildman–Crippen LogP) is 0.0852. The van der Waals surface area contributed by atoms with Crippen LogP contribution in [0.25, 0.3) is 5.76 Å². The minimum Gasteiger partial charge on any atom is -0.508 e. The van der Waals surface area contributed by atoms with Gasteiger partial charge in [-0.15, -0.1) is 0 Å². The van der Waals surface area contributed by atoms with Gasteiger partial charge in [0.05, 0.1) is 5.56 Å². The van der Waals surface area contributed by atoms with Crippen molar-refractivity contribution < 1.29 is 39.6 Å². The molecule has 0 aromatic heterocycles. The first kappa shape index (κ1) is 21.7. The molecule has 3 atom stereocenters. The van der Waals surface area contributed by atoms with Crippen molar-refractivity contribution in [3.8, 4) is 5.75 Å². The standard InChI is InChI=1S/C22H22N2O8/c1-7(25)11-4-9(6-23)17(27)15-12(11)3-8-2-10-5-13(26)16(21(24)31)20(30)22(10,32)19(29)14(8)18(15)28/h4,8,10,27-28,30,32H,2-3,5-6,23H2,1H3,(H2,24,31)/t8-,10+,22+/m1/s1. The third-order valence-corrected chi connectivity index (χ3v) is 6.74. The van der Waals surface area contributed by atoms with Gasteiger partial charge in [0, 0.05) is 35.6 Å². The monoisotopic (exact) mass is 442 g/mol. The molecule has 1 aromatic rings. The van der Waals surface area contributed by atoms with E-state index < -0.39 is 64.2 Å². The van der Waals surface area contributed by atoms with Crippen LogP contribution < -0.4 is 11.5 Å². The average Bonchev–Trinajstić information content (AvgIpc) is 2.70. The zero-order chi connectivity index (χ0) is 23.7. The van der Waals surface area contributed by atoms with Crippen LogP contribution in [0, 0.1) is 11.8 Å². The Labute approximate surface area is 181 Å². The molecule has 8 N–H and O–H groups in total. The summed E-state index contributed by atoms with van der Waals surface area (Å²) in [6.45, 7) is 1.18. The highest BCUT2D eigenvalue weighted by Gasteiger charge is 2.60. The van der Waals surface area contributed by atoms with Gasteiger partial charge >= 0.3 is 0 Å². The maximum absolute atomic E-state index is 13.4. The number of primary amides is 1. The molecule has 0 radical (unpaired) electrons. The number of rotatable bonds is 3. The van der Waals surface area contributed by atoms with E-state index in [0.717, 1.165) is 0 Å². The molecule has 1 amide bonds. The summed E-state index contributed by atoms with van der Waals surface area (Å²) >= 11 is 0. The number of Topliss-reactive ketones (excluding diaryl/α,β-unsaturated/α-hetero) is 3. The third kappa shape index (κ3) is 2.66. The molecule has 3 aliphatic carbocycles. The van der Waals surface area contributed by atoms with Crippen molar-refractivity contribution in [3.05, 3.63) is 45.2 Å². The molecular formula is C22H22N2O8. The van der Waals surface area contributed by atoms with Gasteiger partial charge in [-0.05, 0) is 37.3 Å². The first-order chi connectivity index (χ1) is 14.9. The van der Waals surface area contributed by atoms with Crippen LogP contribution in [0.1, 0.15) is 46.8 Å². The van der Waals surface area contributed by atoms with Crippen LogP contribution in [0.2, 0.25) is 0 Å². The maximum Gasteiger partial charge on any atom is 0.255 e. The van der Waals surface area contributed by atoms with Crippen molar-refractivity contribution in [2.24, 2.45) is 23.3 Å². The number of amides is 1. The summed E-state index contributed by atoms with van der Waals surface area (Å²) in [5.74, 6) is -7.42. The molecule has 0 unspecified atom stereocenters. The summed E-state index contributed by atoms with van der Waals surface area (Å²) in [5, 5.41) is 43.4. The first-order valence-electron chi connectivity index (χ1n) is 10.0. The molecule has 0 bridgehead atoms. The number of aliphatic hydroxyl groups is 3. The van der Waals surface area contributed by atoms with E-state index in [1.807, 2.05) is 0 Å². The molecule has 168 valence electrons. The van der Waals surface area contributed by atoms with Crippen molar-refractivity contribution in [1.82, 2.24) is 0 Å². The summed E-state index contributed by atoms with van der Waals surface area (Å²) in [6, 6.07) is 1.44. The van der Waals surface area contributed by atoms with E-state index >= 15 is 0 Å². The number of phenols is 1. The lowest BCUT2D eigenvalue weighted by atomic mass is 9.59. The normalized spacial score (nSPS) is 27.1. The molecule has 32 heavy (non-hydrogen) atoms. The van der Waals surface area contributed by atoms with E-state index in [4.69, 9.17) is 11.5 Å². The zero-order valence-corrected chi connectivity index (χ0v) is 17.1. The molecule has 0 aliphatic heterocycles. The minimum absolute atomic E-state index is 0.000335. The van der Waals surface area contributed by atoms with E-state index in [1.165, 1.54) is 13.0 Å². The SMILES string of the molecule is CC(=O)c1cc(CN)c(O)c2c1C[C@H]1C[C@H]3CC(=O)C(C(N)=O)=C(O)[C@@]3(O)C(=O)C1=C2O. The predicted molar refractivity (Wildman–Crippen MR) is 109 cm³/mol. The lowest BCUT2D eigenvalue weighted by Crippen LogP contribution is -2.58. The van der Waals surface area contributed by atoms with Gasteiger partial charge in [0.1, 0.15) is 22.8 Å². The van der Waals surface area contributed by atoms with Crippen molar-refractivity contribution in [1.29, 1.82) is 0 Å². The quantitative estimate of drug-likeness (QED) is 0.277. The van der Waals surface area contributed by atoms with Crippen molar-refractivity contribution in [2.45, 2.75) is 38.3 Å². The van der Waals surface area contributed by atoms with Gasteiger partial charge in [-0.2, -0.15) is 0 Å². The van der Waals surface area contributed by atoms with Crippen LogP contribution in [0.4, 0.5) is 0 Å². The Kier molecular flexibility index (Phi) is 4.76. The molecule has 3 aliphatic rings. The van der Waals surface area contributed by atoms with E-state index in [9.17, 15) is 39.6 Å². The minimum atomic E-state index is -2.62. The Balaban J connectivity index is 1.98. The van der Waals surface area contributed by atoms with Crippen LogP contribution in [0.5, 0.6) is 5.75 Å². The van der Waals surface area contributed by atoms with Crippen molar-refractivity contribution in [3.63, 3.8) is 0 Å². The molecule has 0 heterocycles. The number of nitrogens with two attached hydrogens (primary N) is 2. The topological polar surface area (TPSA) is 201 Å². The fourth-order valence-corrected chi connectivity index (χ4v) is 5.21. The molecule has 1 aromatic carbocycles. The number of phenolic OH excluding ortho intramolecular Hbond substituents is 1. The summed E-state index contributed by atoms with van der Waals surface area (Å²) in [7, 11) is 0. The lowest BCUT2D eigenvalue weighted by Gasteiger charge is -2.46. The van der Waals surface area contributed by atoms with Gasteiger partial charge in [-0.25, -0.2) is 0 Å². The van der Waals surface area contributed by atoms with Gasteiger partial charge in [0.2, 0.25) is 5.78 Å². The number of fused-ring (bicyclic) bond motifs is 3. The Morgan fingerprint density at radius 2 is 1.84 bits per heavy atom. The molecule has 10 heteroatoms. The third-order valence-electron chi connectivity index (χ3n) is 6.74. The van der Waals surface area contributed by atoms with Crippen molar-refractivity contribution >= 4 is 29.0 Å². The smallest absolute Gasteiger partial charge is 0.255 e. The second-order valence-electron chi connectivity index (χ2n) is 8.45. The van der Waals surface area contributed by atoms with Crippen LogP contribution in [-0.4, -0.2) is 49.3 Å². The zero-order valence-electron chi connectivity index (χ0n) is 17.1. The van der Waals surface area contributed by atoms with E-state index in [1.54, 1.807) is 0 Å².